The van der Waals surface area contributed by atoms with Crippen LogP contribution >= 0.6 is 11.8 Å². The summed E-state index contributed by atoms with van der Waals surface area (Å²) in [6.07, 6.45) is 3.34. The minimum atomic E-state index is 0.544. The van der Waals surface area contributed by atoms with Crippen LogP contribution in [0.2, 0.25) is 0 Å². The zero-order valence-electron chi connectivity index (χ0n) is 7.57. The highest BCUT2D eigenvalue weighted by molar-refractivity contribution is 6.24. The number of nitrogens with one attached hydrogen (secondary N) is 1. The van der Waals surface area contributed by atoms with E-state index >= 15 is 0 Å². The van der Waals surface area contributed by atoms with E-state index in [2.05, 4.69) is 22.2 Å². The minimum Gasteiger partial charge on any atom is -0.315 e. The normalized spacial score (nSPS) is 10.0. The van der Waals surface area contributed by atoms with E-state index in [0.29, 0.717) is 12.5 Å². The summed E-state index contributed by atoms with van der Waals surface area (Å²) in [7, 11) is 0. The SMILES string of the molecule is CCNCCN(Cl)c1ncccn1. The predicted octanol–water partition coefficient (Wildman–Crippen LogP) is 1.05. The molecule has 0 fully saturated rings. The van der Waals surface area contributed by atoms with Gasteiger partial charge in [0.05, 0.1) is 6.54 Å². The standard InChI is InChI=1S/C8H13ClN4/c1-2-10-6-7-13(9)8-11-4-3-5-12-8/h3-5,10H,2,6-7H2,1H3. The fraction of sp³-hybridized carbons (Fsp3) is 0.500. The van der Waals surface area contributed by atoms with Gasteiger partial charge in [0, 0.05) is 30.7 Å². The zero-order chi connectivity index (χ0) is 9.52. The Hall–Kier alpha value is -0.870. The van der Waals surface area contributed by atoms with Crippen LogP contribution in [0, 0.1) is 0 Å². The molecule has 0 radical (unpaired) electrons. The molecule has 0 aliphatic carbocycles. The van der Waals surface area contributed by atoms with Gasteiger partial charge in [0.2, 0.25) is 5.95 Å². The van der Waals surface area contributed by atoms with Crippen molar-refractivity contribution in [2.24, 2.45) is 0 Å². The van der Waals surface area contributed by atoms with Crippen LogP contribution in [0.4, 0.5) is 5.95 Å². The Bertz CT molecular complexity index is 229. The molecule has 0 aliphatic heterocycles. The van der Waals surface area contributed by atoms with Gasteiger partial charge in [0.25, 0.3) is 0 Å². The van der Waals surface area contributed by atoms with Crippen molar-refractivity contribution < 1.29 is 0 Å². The van der Waals surface area contributed by atoms with Gasteiger partial charge in [-0.2, -0.15) is 0 Å². The summed E-state index contributed by atoms with van der Waals surface area (Å²) in [6, 6.07) is 1.76. The zero-order valence-corrected chi connectivity index (χ0v) is 8.33. The average Bonchev–Trinajstić information content (AvgIpc) is 2.19. The fourth-order valence-corrected chi connectivity index (χ4v) is 1.04. The first-order valence-corrected chi connectivity index (χ1v) is 4.59. The van der Waals surface area contributed by atoms with Crippen molar-refractivity contribution in [1.82, 2.24) is 15.3 Å². The van der Waals surface area contributed by atoms with Gasteiger partial charge in [-0.3, -0.25) is 4.42 Å². The molecule has 5 heteroatoms. The van der Waals surface area contributed by atoms with E-state index in [4.69, 9.17) is 11.8 Å². The van der Waals surface area contributed by atoms with E-state index in [-0.39, 0.29) is 0 Å². The Labute approximate surface area is 83.1 Å². The Morgan fingerprint density at radius 3 is 2.77 bits per heavy atom. The molecule has 0 aliphatic rings. The molecule has 0 bridgehead atoms. The van der Waals surface area contributed by atoms with Crippen molar-refractivity contribution in [1.29, 1.82) is 0 Å². The fourth-order valence-electron chi connectivity index (χ4n) is 0.871. The molecule has 1 aromatic heterocycles. The summed E-state index contributed by atoms with van der Waals surface area (Å²) in [5.74, 6) is 0.544. The van der Waals surface area contributed by atoms with E-state index in [9.17, 15) is 0 Å². The number of nitrogens with zero attached hydrogens (tertiary/aromatic N) is 3. The number of hydrogen-bond donors (Lipinski definition) is 1. The van der Waals surface area contributed by atoms with Crippen LogP contribution in [-0.2, 0) is 0 Å². The molecule has 1 rings (SSSR count). The van der Waals surface area contributed by atoms with E-state index in [1.807, 2.05) is 0 Å². The van der Waals surface area contributed by atoms with Gasteiger partial charge in [-0.05, 0) is 12.6 Å². The molecular weight excluding hydrogens is 188 g/mol. The highest BCUT2D eigenvalue weighted by Crippen LogP contribution is 2.06. The Morgan fingerprint density at radius 2 is 2.15 bits per heavy atom. The van der Waals surface area contributed by atoms with Crippen molar-refractivity contribution >= 4 is 17.7 Å². The van der Waals surface area contributed by atoms with Crippen LogP contribution in [0.5, 0.6) is 0 Å². The first-order valence-electron chi connectivity index (χ1n) is 4.25. The lowest BCUT2D eigenvalue weighted by molar-refractivity contribution is 0.720. The monoisotopic (exact) mass is 200 g/mol. The minimum absolute atomic E-state index is 0.544. The van der Waals surface area contributed by atoms with Crippen molar-refractivity contribution in [3.63, 3.8) is 0 Å². The third-order valence-corrected chi connectivity index (χ3v) is 1.82. The second-order valence-corrected chi connectivity index (χ2v) is 2.90. The van der Waals surface area contributed by atoms with Crippen molar-refractivity contribution in [3.8, 4) is 0 Å². The first-order chi connectivity index (χ1) is 6.34. The lowest BCUT2D eigenvalue weighted by Crippen LogP contribution is -2.26. The lowest BCUT2D eigenvalue weighted by atomic mass is 10.6. The topological polar surface area (TPSA) is 41.0 Å². The Balaban J connectivity index is 2.35. The largest absolute Gasteiger partial charge is 0.315 e. The van der Waals surface area contributed by atoms with Gasteiger partial charge < -0.3 is 5.32 Å². The van der Waals surface area contributed by atoms with Gasteiger partial charge in [-0.1, -0.05) is 6.92 Å². The summed E-state index contributed by atoms with van der Waals surface area (Å²) in [5, 5.41) is 3.17. The maximum Gasteiger partial charge on any atom is 0.240 e. The van der Waals surface area contributed by atoms with Crippen LogP contribution in [0.3, 0.4) is 0 Å². The molecular formula is C8H13ClN4. The third-order valence-electron chi connectivity index (χ3n) is 1.50. The number of halogens is 1. The summed E-state index contributed by atoms with van der Waals surface area (Å²) < 4.78 is 1.50. The number of anilines is 1. The van der Waals surface area contributed by atoms with Crippen LogP contribution in [0.25, 0.3) is 0 Å². The summed E-state index contributed by atoms with van der Waals surface area (Å²) >= 11 is 5.91. The number of rotatable bonds is 5. The smallest absolute Gasteiger partial charge is 0.240 e. The van der Waals surface area contributed by atoms with E-state index in [0.717, 1.165) is 13.1 Å². The third kappa shape index (κ3) is 3.57. The molecule has 0 aromatic carbocycles. The van der Waals surface area contributed by atoms with Crippen LogP contribution in [0.1, 0.15) is 6.92 Å². The maximum absolute atomic E-state index is 5.91. The van der Waals surface area contributed by atoms with E-state index < -0.39 is 0 Å². The quantitative estimate of drug-likeness (QED) is 0.570. The predicted molar refractivity (Wildman–Crippen MR) is 53.8 cm³/mol. The molecule has 0 amide bonds. The molecule has 4 nitrogen and oxygen atoms in total. The average molecular weight is 201 g/mol. The van der Waals surface area contributed by atoms with Crippen molar-refractivity contribution in [2.75, 3.05) is 24.1 Å². The Kier molecular flexibility index (Phi) is 4.49. The molecule has 13 heavy (non-hydrogen) atoms. The number of likely N-dealkylation sites (N-methyl/N-ethyl adjacent to an activating group) is 1. The lowest BCUT2D eigenvalue weighted by Gasteiger charge is -2.12. The van der Waals surface area contributed by atoms with Gasteiger partial charge in [0.15, 0.2) is 0 Å². The molecule has 72 valence electrons. The molecule has 0 saturated carbocycles. The highest BCUT2D eigenvalue weighted by Gasteiger charge is 2.03. The molecule has 1 aromatic rings. The summed E-state index contributed by atoms with van der Waals surface area (Å²) in [5.41, 5.74) is 0. The van der Waals surface area contributed by atoms with Gasteiger partial charge in [-0.25, -0.2) is 9.97 Å². The van der Waals surface area contributed by atoms with E-state index in [1.54, 1.807) is 18.5 Å². The first kappa shape index (κ1) is 10.2. The number of hydrogen-bond acceptors (Lipinski definition) is 4. The maximum atomic E-state index is 5.91. The molecule has 0 unspecified atom stereocenters. The van der Waals surface area contributed by atoms with Crippen LogP contribution < -0.4 is 9.74 Å². The van der Waals surface area contributed by atoms with E-state index in [1.165, 1.54) is 4.42 Å². The van der Waals surface area contributed by atoms with Crippen LogP contribution in [0.15, 0.2) is 18.5 Å². The van der Waals surface area contributed by atoms with Crippen LogP contribution in [-0.4, -0.2) is 29.6 Å². The molecule has 0 spiro atoms. The number of aromatic nitrogens is 2. The Morgan fingerprint density at radius 1 is 1.46 bits per heavy atom. The highest BCUT2D eigenvalue weighted by atomic mass is 35.5. The molecule has 0 saturated heterocycles. The summed E-state index contributed by atoms with van der Waals surface area (Å²) in [6.45, 7) is 4.52. The van der Waals surface area contributed by atoms with Gasteiger partial charge in [-0.15, -0.1) is 0 Å². The molecule has 1 heterocycles. The van der Waals surface area contributed by atoms with Crippen molar-refractivity contribution in [2.45, 2.75) is 6.92 Å². The second kappa shape index (κ2) is 5.72. The van der Waals surface area contributed by atoms with Crippen molar-refractivity contribution in [3.05, 3.63) is 18.5 Å². The van der Waals surface area contributed by atoms with Gasteiger partial charge in [0.1, 0.15) is 0 Å². The second-order valence-electron chi connectivity index (χ2n) is 2.49. The van der Waals surface area contributed by atoms with Gasteiger partial charge >= 0.3 is 0 Å². The summed E-state index contributed by atoms with van der Waals surface area (Å²) in [4.78, 5) is 8.02. The molecule has 0 atom stereocenters. The molecule has 1 N–H and O–H groups in total.